The zero-order chi connectivity index (χ0) is 18.7. The third-order valence-corrected chi connectivity index (χ3v) is 4.11. The summed E-state index contributed by atoms with van der Waals surface area (Å²) in [6.07, 6.45) is -2.92. The van der Waals surface area contributed by atoms with Crippen LogP contribution >= 0.6 is 0 Å². The van der Waals surface area contributed by atoms with Crippen LogP contribution in [-0.4, -0.2) is 30.3 Å². The molecular weight excluding hydrogens is 329 g/mol. The largest absolute Gasteiger partial charge is 0.416 e. The van der Waals surface area contributed by atoms with Crippen LogP contribution in [0.5, 0.6) is 0 Å². The van der Waals surface area contributed by atoms with Crippen molar-refractivity contribution in [2.24, 2.45) is 0 Å². The molecule has 0 radical (unpaired) electrons. The molecule has 0 saturated carbocycles. The molecule has 1 aromatic carbocycles. The molecule has 1 aliphatic rings. The summed E-state index contributed by atoms with van der Waals surface area (Å²) in [5.74, 6) is 0. The first kappa shape index (κ1) is 19.5. The lowest BCUT2D eigenvalue weighted by atomic mass is 9.93. The van der Waals surface area contributed by atoms with Gasteiger partial charge in [0.15, 0.2) is 0 Å². The summed E-state index contributed by atoms with van der Waals surface area (Å²) in [5, 5.41) is 9.47. The van der Waals surface area contributed by atoms with Gasteiger partial charge in [-0.1, -0.05) is 12.1 Å². The van der Waals surface area contributed by atoms with E-state index in [1.165, 1.54) is 12.1 Å². The first-order valence-electron chi connectivity index (χ1n) is 8.26. The van der Waals surface area contributed by atoms with E-state index in [9.17, 15) is 18.4 Å². The highest BCUT2D eigenvalue weighted by molar-refractivity contribution is 5.79. The van der Waals surface area contributed by atoms with Crippen molar-refractivity contribution < 1.29 is 17.9 Å². The fourth-order valence-electron chi connectivity index (χ4n) is 2.66. The van der Waals surface area contributed by atoms with E-state index in [0.29, 0.717) is 17.9 Å². The normalized spacial score (nSPS) is 16.6. The van der Waals surface area contributed by atoms with Crippen LogP contribution in [0.3, 0.4) is 0 Å². The smallest absolute Gasteiger partial charge is 0.360 e. The SMILES string of the molecule is CC(C)(C)OCN1CCC(=C(C#N)c2ccc(C(F)(F)F)cc2)CC1. The summed E-state index contributed by atoms with van der Waals surface area (Å²) in [6, 6.07) is 6.98. The second-order valence-corrected chi connectivity index (χ2v) is 7.17. The molecule has 1 fully saturated rings. The third kappa shape index (κ3) is 5.58. The fraction of sp³-hybridized carbons (Fsp3) is 0.526. The van der Waals surface area contributed by atoms with Crippen LogP contribution in [0.2, 0.25) is 0 Å². The molecule has 0 aliphatic carbocycles. The minimum atomic E-state index is -4.36. The van der Waals surface area contributed by atoms with Gasteiger partial charge in [-0.05, 0) is 56.9 Å². The van der Waals surface area contributed by atoms with Crippen molar-refractivity contribution in [1.29, 1.82) is 5.26 Å². The Hall–Kier alpha value is -1.84. The van der Waals surface area contributed by atoms with Gasteiger partial charge in [0.05, 0.1) is 29.5 Å². The molecule has 6 heteroatoms. The average Bonchev–Trinajstić information content (AvgIpc) is 2.54. The molecule has 0 atom stereocenters. The van der Waals surface area contributed by atoms with Gasteiger partial charge in [-0.15, -0.1) is 0 Å². The first-order chi connectivity index (χ1) is 11.6. The Kier molecular flexibility index (Phi) is 5.91. The summed E-state index contributed by atoms with van der Waals surface area (Å²) in [5.41, 5.74) is 1.13. The Morgan fingerprint density at radius 1 is 1.12 bits per heavy atom. The van der Waals surface area contributed by atoms with Gasteiger partial charge in [0.25, 0.3) is 0 Å². The van der Waals surface area contributed by atoms with Gasteiger partial charge in [-0.25, -0.2) is 0 Å². The van der Waals surface area contributed by atoms with E-state index in [4.69, 9.17) is 4.74 Å². The van der Waals surface area contributed by atoms with Crippen molar-refractivity contribution in [3.63, 3.8) is 0 Å². The van der Waals surface area contributed by atoms with Gasteiger partial charge >= 0.3 is 6.18 Å². The highest BCUT2D eigenvalue weighted by Gasteiger charge is 2.30. The van der Waals surface area contributed by atoms with Crippen molar-refractivity contribution in [2.75, 3.05) is 19.8 Å². The summed E-state index contributed by atoms with van der Waals surface area (Å²) < 4.78 is 43.7. The van der Waals surface area contributed by atoms with Crippen LogP contribution in [0.4, 0.5) is 13.2 Å². The topological polar surface area (TPSA) is 36.3 Å². The molecule has 1 aromatic rings. The van der Waals surface area contributed by atoms with E-state index in [0.717, 1.165) is 43.6 Å². The molecule has 0 aromatic heterocycles. The summed E-state index contributed by atoms with van der Waals surface area (Å²) in [4.78, 5) is 2.18. The van der Waals surface area contributed by atoms with Crippen molar-refractivity contribution >= 4 is 5.57 Å². The number of alkyl halides is 3. The molecule has 0 spiro atoms. The summed E-state index contributed by atoms with van der Waals surface area (Å²) >= 11 is 0. The Balaban J connectivity index is 2.07. The molecule has 1 heterocycles. The van der Waals surface area contributed by atoms with E-state index in [2.05, 4.69) is 11.0 Å². The van der Waals surface area contributed by atoms with Crippen molar-refractivity contribution in [2.45, 2.75) is 45.4 Å². The minimum Gasteiger partial charge on any atom is -0.360 e. The molecule has 3 nitrogen and oxygen atoms in total. The zero-order valence-electron chi connectivity index (χ0n) is 14.8. The number of hydrogen-bond donors (Lipinski definition) is 0. The van der Waals surface area contributed by atoms with Crippen LogP contribution in [0.25, 0.3) is 5.57 Å². The number of nitriles is 1. The lowest BCUT2D eigenvalue weighted by Crippen LogP contribution is -2.36. The quantitative estimate of drug-likeness (QED) is 0.730. The third-order valence-electron chi connectivity index (χ3n) is 4.11. The van der Waals surface area contributed by atoms with Gasteiger partial charge in [0.2, 0.25) is 0 Å². The molecule has 0 unspecified atom stereocenters. The van der Waals surface area contributed by atoms with Gasteiger partial charge in [-0.3, -0.25) is 4.90 Å². The number of rotatable bonds is 3. The Morgan fingerprint density at radius 2 is 1.68 bits per heavy atom. The number of hydrogen-bond acceptors (Lipinski definition) is 3. The van der Waals surface area contributed by atoms with Crippen LogP contribution in [0.1, 0.15) is 44.7 Å². The number of nitrogens with zero attached hydrogens (tertiary/aromatic N) is 2. The number of halogens is 3. The van der Waals surface area contributed by atoms with Gasteiger partial charge in [0.1, 0.15) is 0 Å². The number of allylic oxidation sites excluding steroid dienone is 1. The highest BCUT2D eigenvalue weighted by atomic mass is 19.4. The molecule has 2 rings (SSSR count). The maximum absolute atomic E-state index is 12.7. The van der Waals surface area contributed by atoms with Crippen molar-refractivity contribution in [3.8, 4) is 6.07 Å². The molecule has 0 bridgehead atoms. The first-order valence-corrected chi connectivity index (χ1v) is 8.26. The van der Waals surface area contributed by atoms with E-state index >= 15 is 0 Å². The number of benzene rings is 1. The molecule has 1 aliphatic heterocycles. The molecule has 0 N–H and O–H groups in total. The molecular formula is C19H23F3N2O. The van der Waals surface area contributed by atoms with E-state index in [1.807, 2.05) is 20.8 Å². The monoisotopic (exact) mass is 352 g/mol. The summed E-state index contributed by atoms with van der Waals surface area (Å²) in [7, 11) is 0. The standard InChI is InChI=1S/C19H23F3N2O/c1-18(2,3)25-13-24-10-8-15(9-11-24)17(12-23)14-4-6-16(7-5-14)19(20,21)22/h4-7H,8-11,13H2,1-3H3. The maximum atomic E-state index is 12.7. The average molecular weight is 352 g/mol. The molecule has 136 valence electrons. The van der Waals surface area contributed by atoms with Crippen LogP contribution < -0.4 is 0 Å². The van der Waals surface area contributed by atoms with Crippen LogP contribution in [0, 0.1) is 11.3 Å². The van der Waals surface area contributed by atoms with Gasteiger partial charge < -0.3 is 4.74 Å². The summed E-state index contributed by atoms with van der Waals surface area (Å²) in [6.45, 7) is 8.09. The minimum absolute atomic E-state index is 0.200. The number of ether oxygens (including phenoxy) is 1. The second kappa shape index (κ2) is 7.59. The lowest BCUT2D eigenvalue weighted by molar-refractivity contribution is -0.137. The van der Waals surface area contributed by atoms with E-state index in [1.54, 1.807) is 0 Å². The highest BCUT2D eigenvalue weighted by Crippen LogP contribution is 2.32. The predicted octanol–water partition coefficient (Wildman–Crippen LogP) is 4.85. The Bertz CT molecular complexity index is 654. The number of piperidine rings is 1. The fourth-order valence-corrected chi connectivity index (χ4v) is 2.66. The number of likely N-dealkylation sites (tertiary alicyclic amines) is 1. The van der Waals surface area contributed by atoms with E-state index in [-0.39, 0.29) is 5.60 Å². The lowest BCUT2D eigenvalue weighted by Gasteiger charge is -2.31. The van der Waals surface area contributed by atoms with Gasteiger partial charge in [-0.2, -0.15) is 18.4 Å². The second-order valence-electron chi connectivity index (χ2n) is 7.17. The van der Waals surface area contributed by atoms with Crippen LogP contribution in [0.15, 0.2) is 29.8 Å². The van der Waals surface area contributed by atoms with E-state index < -0.39 is 11.7 Å². The maximum Gasteiger partial charge on any atom is 0.416 e. The zero-order valence-corrected chi connectivity index (χ0v) is 14.8. The molecule has 0 amide bonds. The predicted molar refractivity (Wildman–Crippen MR) is 90.5 cm³/mol. The van der Waals surface area contributed by atoms with Crippen molar-refractivity contribution in [1.82, 2.24) is 4.90 Å². The Labute approximate surface area is 146 Å². The van der Waals surface area contributed by atoms with Gasteiger partial charge in [0, 0.05) is 13.1 Å². The van der Waals surface area contributed by atoms with Crippen molar-refractivity contribution in [3.05, 3.63) is 41.0 Å². The van der Waals surface area contributed by atoms with Crippen LogP contribution in [-0.2, 0) is 10.9 Å². The molecule has 25 heavy (non-hydrogen) atoms. The Morgan fingerprint density at radius 3 is 2.12 bits per heavy atom. The molecule has 1 saturated heterocycles.